The van der Waals surface area contributed by atoms with Gasteiger partial charge in [0.05, 0.1) is 10.9 Å². The van der Waals surface area contributed by atoms with Gasteiger partial charge in [-0.2, -0.15) is 0 Å². The molecule has 2 aromatic carbocycles. The minimum absolute atomic E-state index is 0.0681. The Labute approximate surface area is 200 Å². The highest BCUT2D eigenvalue weighted by Gasteiger charge is 2.35. The Morgan fingerprint density at radius 1 is 1.12 bits per heavy atom. The van der Waals surface area contributed by atoms with E-state index in [1.165, 1.54) is 23.1 Å². The first-order chi connectivity index (χ1) is 15.5. The number of rotatable bonds is 9. The Hall–Kier alpha value is -2.36. The highest BCUT2D eigenvalue weighted by atomic mass is 32.2. The van der Waals surface area contributed by atoms with Crippen LogP contribution in [-0.4, -0.2) is 33.3 Å². The number of amides is 2. The molecule has 6 nitrogen and oxygen atoms in total. The SMILES string of the molecule is CCC(=O)N(c1nnc(SC(C)C(=O)Nc2ccccc2Sc2ccccc2)s1)C1CC1. The molecule has 1 aliphatic carbocycles. The third-order valence-corrected chi connectivity index (χ3v) is 8.04. The van der Waals surface area contributed by atoms with Gasteiger partial charge in [0.15, 0.2) is 4.34 Å². The van der Waals surface area contributed by atoms with E-state index < -0.39 is 0 Å². The highest BCUT2D eigenvalue weighted by Crippen LogP contribution is 2.38. The van der Waals surface area contributed by atoms with Crippen LogP contribution in [0.1, 0.15) is 33.1 Å². The Morgan fingerprint density at radius 2 is 1.84 bits per heavy atom. The third-order valence-electron chi connectivity index (χ3n) is 4.85. The van der Waals surface area contributed by atoms with Crippen molar-refractivity contribution in [2.45, 2.75) is 58.5 Å². The van der Waals surface area contributed by atoms with Crippen LogP contribution in [0.2, 0.25) is 0 Å². The standard InChI is InChI=1S/C23H24N4O2S3/c1-3-20(28)27(16-13-14-16)22-25-26-23(32-22)30-15(2)21(29)24-18-11-7-8-12-19(18)31-17-9-5-4-6-10-17/h4-12,15-16H,3,13-14H2,1-2H3,(H,24,29). The lowest BCUT2D eigenvalue weighted by Gasteiger charge is -2.17. The van der Waals surface area contributed by atoms with Gasteiger partial charge in [0.2, 0.25) is 16.9 Å². The molecule has 4 rings (SSSR count). The Morgan fingerprint density at radius 3 is 2.56 bits per heavy atom. The number of para-hydroxylation sites is 1. The summed E-state index contributed by atoms with van der Waals surface area (Å²) in [6, 6.07) is 18.1. The summed E-state index contributed by atoms with van der Waals surface area (Å²) in [5, 5.41) is 11.8. The van der Waals surface area contributed by atoms with Crippen molar-refractivity contribution in [3.8, 4) is 0 Å². The summed E-state index contributed by atoms with van der Waals surface area (Å²) in [7, 11) is 0. The van der Waals surface area contributed by atoms with Gasteiger partial charge in [0.1, 0.15) is 0 Å². The van der Waals surface area contributed by atoms with Crippen molar-refractivity contribution in [3.63, 3.8) is 0 Å². The number of aromatic nitrogens is 2. The van der Waals surface area contributed by atoms with Gasteiger partial charge in [-0.25, -0.2) is 0 Å². The molecule has 0 radical (unpaired) electrons. The molecule has 32 heavy (non-hydrogen) atoms. The lowest BCUT2D eigenvalue weighted by Crippen LogP contribution is -2.32. The summed E-state index contributed by atoms with van der Waals surface area (Å²) in [4.78, 5) is 29.0. The molecule has 0 aliphatic heterocycles. The number of carbonyl (C=O) groups is 2. The number of hydrogen-bond acceptors (Lipinski definition) is 7. The molecule has 1 aromatic heterocycles. The van der Waals surface area contributed by atoms with E-state index in [1.54, 1.807) is 16.7 Å². The molecule has 0 spiro atoms. The van der Waals surface area contributed by atoms with Gasteiger partial charge in [-0.05, 0) is 44.0 Å². The normalized spacial score (nSPS) is 14.1. The molecule has 0 saturated heterocycles. The zero-order valence-electron chi connectivity index (χ0n) is 17.9. The van der Waals surface area contributed by atoms with Gasteiger partial charge >= 0.3 is 0 Å². The number of carbonyl (C=O) groups excluding carboxylic acids is 2. The number of hydrogen-bond donors (Lipinski definition) is 1. The maximum Gasteiger partial charge on any atom is 0.237 e. The summed E-state index contributed by atoms with van der Waals surface area (Å²) in [5.74, 6) is -0.0324. The Bertz CT molecular complexity index is 1090. The quantitative estimate of drug-likeness (QED) is 0.310. The van der Waals surface area contributed by atoms with E-state index in [4.69, 9.17) is 0 Å². The third kappa shape index (κ3) is 5.70. The molecule has 1 saturated carbocycles. The van der Waals surface area contributed by atoms with Gasteiger partial charge in [0, 0.05) is 22.3 Å². The molecule has 1 atom stereocenters. The van der Waals surface area contributed by atoms with Gasteiger partial charge in [-0.1, -0.05) is 72.1 Å². The lowest BCUT2D eigenvalue weighted by atomic mass is 10.3. The molecular formula is C23H24N4O2S3. The largest absolute Gasteiger partial charge is 0.324 e. The highest BCUT2D eigenvalue weighted by molar-refractivity contribution is 8.02. The van der Waals surface area contributed by atoms with E-state index in [0.29, 0.717) is 15.9 Å². The predicted octanol–water partition coefficient (Wildman–Crippen LogP) is 5.71. The maximum absolute atomic E-state index is 12.9. The van der Waals surface area contributed by atoms with Crippen LogP contribution < -0.4 is 10.2 Å². The van der Waals surface area contributed by atoms with Crippen molar-refractivity contribution in [1.82, 2.24) is 10.2 Å². The van der Waals surface area contributed by atoms with Crippen LogP contribution in [0.25, 0.3) is 0 Å². The molecule has 1 unspecified atom stereocenters. The van der Waals surface area contributed by atoms with Crippen LogP contribution in [0.4, 0.5) is 10.8 Å². The van der Waals surface area contributed by atoms with E-state index in [0.717, 1.165) is 28.3 Å². The second kappa shape index (κ2) is 10.5. The van der Waals surface area contributed by atoms with Crippen LogP contribution in [0.5, 0.6) is 0 Å². The average Bonchev–Trinajstić information content (AvgIpc) is 3.54. The van der Waals surface area contributed by atoms with E-state index in [9.17, 15) is 9.59 Å². The average molecular weight is 485 g/mol. The molecule has 1 N–H and O–H groups in total. The van der Waals surface area contributed by atoms with E-state index >= 15 is 0 Å². The van der Waals surface area contributed by atoms with Crippen molar-refractivity contribution in [3.05, 3.63) is 54.6 Å². The fourth-order valence-corrected chi connectivity index (χ4v) is 6.03. The molecule has 1 aliphatic rings. The van der Waals surface area contributed by atoms with Crippen LogP contribution in [0.3, 0.4) is 0 Å². The van der Waals surface area contributed by atoms with Gasteiger partial charge < -0.3 is 5.32 Å². The molecule has 1 heterocycles. The molecule has 9 heteroatoms. The van der Waals surface area contributed by atoms with Gasteiger partial charge in [0.25, 0.3) is 0 Å². The molecule has 3 aromatic rings. The first-order valence-corrected chi connectivity index (χ1v) is 13.0. The number of thioether (sulfide) groups is 1. The fraction of sp³-hybridized carbons (Fsp3) is 0.304. The van der Waals surface area contributed by atoms with Crippen molar-refractivity contribution in [2.24, 2.45) is 0 Å². The number of anilines is 2. The predicted molar refractivity (Wildman–Crippen MR) is 132 cm³/mol. The number of benzene rings is 2. The lowest BCUT2D eigenvalue weighted by molar-refractivity contribution is -0.118. The molecule has 166 valence electrons. The summed E-state index contributed by atoms with van der Waals surface area (Å²) >= 11 is 4.34. The monoisotopic (exact) mass is 484 g/mol. The molecule has 2 amide bonds. The van der Waals surface area contributed by atoms with Crippen LogP contribution in [-0.2, 0) is 9.59 Å². The Balaban J connectivity index is 1.40. The summed E-state index contributed by atoms with van der Waals surface area (Å²) in [6.07, 6.45) is 2.46. The molecular weight excluding hydrogens is 460 g/mol. The van der Waals surface area contributed by atoms with Gasteiger partial charge in [-0.15, -0.1) is 10.2 Å². The Kier molecular flexibility index (Phi) is 7.49. The topological polar surface area (TPSA) is 75.2 Å². The smallest absolute Gasteiger partial charge is 0.237 e. The number of nitrogens with one attached hydrogen (secondary N) is 1. The van der Waals surface area contributed by atoms with E-state index in [-0.39, 0.29) is 23.1 Å². The number of nitrogens with zero attached hydrogens (tertiary/aromatic N) is 3. The van der Waals surface area contributed by atoms with Crippen LogP contribution >= 0.6 is 34.9 Å². The maximum atomic E-state index is 12.9. The summed E-state index contributed by atoms with van der Waals surface area (Å²) in [5.41, 5.74) is 0.783. The zero-order chi connectivity index (χ0) is 22.5. The minimum Gasteiger partial charge on any atom is -0.324 e. The minimum atomic E-state index is -0.359. The van der Waals surface area contributed by atoms with Crippen LogP contribution in [0, 0.1) is 0 Å². The van der Waals surface area contributed by atoms with Crippen molar-refractivity contribution >= 4 is 57.5 Å². The first kappa shape index (κ1) is 22.8. The summed E-state index contributed by atoms with van der Waals surface area (Å²) < 4.78 is 0.684. The zero-order valence-corrected chi connectivity index (χ0v) is 20.3. The van der Waals surface area contributed by atoms with Crippen molar-refractivity contribution < 1.29 is 9.59 Å². The van der Waals surface area contributed by atoms with Crippen LogP contribution in [0.15, 0.2) is 68.7 Å². The van der Waals surface area contributed by atoms with Gasteiger partial charge in [-0.3, -0.25) is 14.5 Å². The molecule has 1 fully saturated rings. The first-order valence-electron chi connectivity index (χ1n) is 10.5. The molecule has 0 bridgehead atoms. The second-order valence-electron chi connectivity index (χ2n) is 7.36. The van der Waals surface area contributed by atoms with Crippen molar-refractivity contribution in [2.75, 3.05) is 10.2 Å². The van der Waals surface area contributed by atoms with E-state index in [2.05, 4.69) is 15.5 Å². The second-order valence-corrected chi connectivity index (χ2v) is 11.0. The summed E-state index contributed by atoms with van der Waals surface area (Å²) in [6.45, 7) is 3.71. The van der Waals surface area contributed by atoms with E-state index in [1.807, 2.05) is 68.4 Å². The van der Waals surface area contributed by atoms with Crippen molar-refractivity contribution in [1.29, 1.82) is 0 Å². The fourth-order valence-electron chi connectivity index (χ4n) is 3.03.